The van der Waals surface area contributed by atoms with Gasteiger partial charge in [-0.15, -0.1) is 11.3 Å². The minimum atomic E-state index is -0.232. The third-order valence-corrected chi connectivity index (χ3v) is 7.48. The van der Waals surface area contributed by atoms with Crippen LogP contribution in [0.15, 0.2) is 53.9 Å². The van der Waals surface area contributed by atoms with E-state index in [4.69, 9.17) is 25.8 Å². The van der Waals surface area contributed by atoms with Gasteiger partial charge in [0.1, 0.15) is 6.54 Å². The fourth-order valence-corrected chi connectivity index (χ4v) is 5.16. The first-order valence-electron chi connectivity index (χ1n) is 12.4. The molecule has 9 heteroatoms. The molecule has 38 heavy (non-hydrogen) atoms. The molecule has 0 saturated heterocycles. The molecule has 0 bridgehead atoms. The molecule has 3 aromatic rings. The van der Waals surface area contributed by atoms with Crippen molar-refractivity contribution >= 4 is 34.8 Å². The number of hydrogen-bond acceptors (Lipinski definition) is 6. The van der Waals surface area contributed by atoms with E-state index in [0.717, 1.165) is 16.0 Å². The van der Waals surface area contributed by atoms with Gasteiger partial charge in [-0.1, -0.05) is 23.7 Å². The Kier molecular flexibility index (Phi) is 11.5. The van der Waals surface area contributed by atoms with E-state index in [1.807, 2.05) is 35.4 Å². The maximum absolute atomic E-state index is 13.7. The zero-order valence-electron chi connectivity index (χ0n) is 22.4. The first-order valence-corrected chi connectivity index (χ1v) is 13.7. The number of hydrogen-bond donors (Lipinski definition) is 0. The van der Waals surface area contributed by atoms with Gasteiger partial charge in [-0.2, -0.15) is 0 Å². The molecule has 3 rings (SSSR count). The monoisotopic (exact) mass is 558 g/mol. The van der Waals surface area contributed by atoms with E-state index in [-0.39, 0.29) is 18.4 Å². The average Bonchev–Trinajstić information content (AvgIpc) is 3.33. The predicted molar refractivity (Wildman–Crippen MR) is 152 cm³/mol. The maximum Gasteiger partial charge on any atom is 0.254 e. The molecule has 0 spiro atoms. The number of rotatable bonds is 14. The van der Waals surface area contributed by atoms with E-state index < -0.39 is 0 Å². The average molecular weight is 559 g/mol. The van der Waals surface area contributed by atoms with Crippen LogP contribution in [0.25, 0.3) is 0 Å². The third kappa shape index (κ3) is 8.21. The molecule has 0 atom stereocenters. The van der Waals surface area contributed by atoms with Crippen LogP contribution in [0.5, 0.6) is 11.5 Å². The number of nitrogens with zero attached hydrogens (tertiary/aromatic N) is 2. The number of methoxy groups -OCH3 is 3. The molecule has 1 aromatic heterocycles. The lowest BCUT2D eigenvalue weighted by Gasteiger charge is -2.28. The van der Waals surface area contributed by atoms with Crippen molar-refractivity contribution in [3.05, 3.63) is 80.5 Å². The van der Waals surface area contributed by atoms with Gasteiger partial charge in [0.05, 0.1) is 20.8 Å². The minimum absolute atomic E-state index is 0.0363. The van der Waals surface area contributed by atoms with Crippen LogP contribution in [0, 0.1) is 6.92 Å². The van der Waals surface area contributed by atoms with Crippen molar-refractivity contribution in [3.8, 4) is 11.5 Å². The summed E-state index contributed by atoms with van der Waals surface area (Å²) in [5.41, 5.74) is 2.62. The van der Waals surface area contributed by atoms with Crippen molar-refractivity contribution in [2.24, 2.45) is 0 Å². The van der Waals surface area contributed by atoms with Crippen molar-refractivity contribution in [1.82, 2.24) is 9.80 Å². The number of amides is 2. The fourth-order valence-electron chi connectivity index (χ4n) is 4.05. The minimum Gasteiger partial charge on any atom is -0.493 e. The highest BCUT2D eigenvalue weighted by atomic mass is 35.5. The van der Waals surface area contributed by atoms with Gasteiger partial charge >= 0.3 is 0 Å². The Balaban J connectivity index is 1.80. The second-order valence-electron chi connectivity index (χ2n) is 8.86. The summed E-state index contributed by atoms with van der Waals surface area (Å²) >= 11 is 7.76. The number of halogens is 1. The Labute approximate surface area is 233 Å². The van der Waals surface area contributed by atoms with E-state index in [2.05, 4.69) is 6.07 Å². The van der Waals surface area contributed by atoms with Crippen molar-refractivity contribution in [1.29, 1.82) is 0 Å². The summed E-state index contributed by atoms with van der Waals surface area (Å²) in [6.07, 6.45) is 1.24. The van der Waals surface area contributed by atoms with Gasteiger partial charge in [-0.25, -0.2) is 0 Å². The molecule has 0 aliphatic heterocycles. The van der Waals surface area contributed by atoms with Crippen LogP contribution in [-0.4, -0.2) is 69.2 Å². The van der Waals surface area contributed by atoms with Crippen LogP contribution < -0.4 is 9.47 Å². The van der Waals surface area contributed by atoms with Gasteiger partial charge in [-0.05, 0) is 72.7 Å². The molecule has 204 valence electrons. The van der Waals surface area contributed by atoms with E-state index in [1.54, 1.807) is 61.8 Å². The fraction of sp³-hybridized carbons (Fsp3) is 0.379. The normalized spacial score (nSPS) is 10.8. The topological polar surface area (TPSA) is 68.3 Å². The Hall–Kier alpha value is -3.07. The largest absolute Gasteiger partial charge is 0.493 e. The number of aryl methyl sites for hydroxylation is 1. The summed E-state index contributed by atoms with van der Waals surface area (Å²) in [7, 11) is 4.82. The number of ether oxygens (including phenoxy) is 3. The van der Waals surface area contributed by atoms with Crippen LogP contribution >= 0.6 is 22.9 Å². The van der Waals surface area contributed by atoms with Crippen molar-refractivity contribution in [3.63, 3.8) is 0 Å². The number of carbonyl (C=O) groups excluding carboxylic acids is 2. The predicted octanol–water partition coefficient (Wildman–Crippen LogP) is 5.48. The molecule has 1 heterocycles. The Morgan fingerprint density at radius 3 is 2.39 bits per heavy atom. The molecule has 0 unspecified atom stereocenters. The lowest BCUT2D eigenvalue weighted by molar-refractivity contribution is -0.132. The summed E-state index contributed by atoms with van der Waals surface area (Å²) in [5, 5.41) is 2.50. The second kappa shape index (κ2) is 14.8. The summed E-state index contributed by atoms with van der Waals surface area (Å²) in [4.78, 5) is 31.6. The molecule has 0 aliphatic carbocycles. The quantitative estimate of drug-likeness (QED) is 0.245. The van der Waals surface area contributed by atoms with Crippen molar-refractivity contribution in [2.45, 2.75) is 26.3 Å². The van der Waals surface area contributed by atoms with Crippen molar-refractivity contribution in [2.75, 3.05) is 47.6 Å². The molecular weight excluding hydrogens is 524 g/mol. The first-order chi connectivity index (χ1) is 18.4. The zero-order chi connectivity index (χ0) is 27.5. The second-order valence-corrected chi connectivity index (χ2v) is 10.3. The highest BCUT2D eigenvalue weighted by Gasteiger charge is 2.23. The Morgan fingerprint density at radius 1 is 0.947 bits per heavy atom. The lowest BCUT2D eigenvalue weighted by Crippen LogP contribution is -2.44. The summed E-state index contributed by atoms with van der Waals surface area (Å²) in [5.74, 6) is 0.952. The van der Waals surface area contributed by atoms with Crippen LogP contribution in [-0.2, 0) is 22.5 Å². The zero-order valence-corrected chi connectivity index (χ0v) is 23.9. The number of benzene rings is 2. The van der Waals surface area contributed by atoms with Gasteiger partial charge in [0.2, 0.25) is 5.91 Å². The van der Waals surface area contributed by atoms with Crippen LogP contribution in [0.4, 0.5) is 0 Å². The maximum atomic E-state index is 13.7. The summed E-state index contributed by atoms with van der Waals surface area (Å²) in [6, 6.07) is 14.6. The van der Waals surface area contributed by atoms with Gasteiger partial charge in [-0.3, -0.25) is 9.59 Å². The molecule has 0 radical (unpaired) electrons. The van der Waals surface area contributed by atoms with Crippen LogP contribution in [0.3, 0.4) is 0 Å². The summed E-state index contributed by atoms with van der Waals surface area (Å²) < 4.78 is 16.0. The van der Waals surface area contributed by atoms with Gasteiger partial charge < -0.3 is 24.0 Å². The molecule has 7 nitrogen and oxygen atoms in total. The van der Waals surface area contributed by atoms with Crippen molar-refractivity contribution < 1.29 is 23.8 Å². The highest BCUT2D eigenvalue weighted by molar-refractivity contribution is 7.10. The van der Waals surface area contributed by atoms with E-state index >= 15 is 0 Å². The molecule has 2 amide bonds. The SMILES string of the molecule is COCCCN(CC(=O)N(CCc1ccc(OC)c(OC)c1)Cc1sccc1C)C(=O)c1cccc(Cl)c1. The summed E-state index contributed by atoms with van der Waals surface area (Å²) in [6.45, 7) is 3.86. The van der Waals surface area contributed by atoms with Crippen LogP contribution in [0.1, 0.15) is 32.8 Å². The Bertz CT molecular complexity index is 1220. The molecule has 0 N–H and O–H groups in total. The lowest BCUT2D eigenvalue weighted by atomic mass is 10.1. The van der Waals surface area contributed by atoms with Gasteiger partial charge in [0, 0.05) is 42.3 Å². The molecular formula is C29H35ClN2O5S. The van der Waals surface area contributed by atoms with E-state index in [9.17, 15) is 9.59 Å². The molecule has 0 aliphatic rings. The molecule has 0 fully saturated rings. The number of thiophene rings is 1. The van der Waals surface area contributed by atoms with Crippen LogP contribution in [0.2, 0.25) is 5.02 Å². The molecule has 0 saturated carbocycles. The Morgan fingerprint density at radius 2 is 1.74 bits per heavy atom. The number of carbonyl (C=O) groups is 2. The third-order valence-electron chi connectivity index (χ3n) is 6.24. The standard InChI is InChI=1S/C29H35ClN2O5S/c1-21-12-16-38-27(21)19-31(14-11-22-9-10-25(36-3)26(17-22)37-4)28(33)20-32(13-6-15-35-2)29(34)23-7-5-8-24(30)18-23/h5,7-10,12,16-18H,6,11,13-15,19-20H2,1-4H3. The van der Waals surface area contributed by atoms with Gasteiger partial charge in [0.15, 0.2) is 11.5 Å². The smallest absolute Gasteiger partial charge is 0.254 e. The van der Waals surface area contributed by atoms with E-state index in [1.165, 1.54) is 0 Å². The molecule has 2 aromatic carbocycles. The first kappa shape index (κ1) is 29.5. The van der Waals surface area contributed by atoms with E-state index in [0.29, 0.717) is 61.2 Å². The highest BCUT2D eigenvalue weighted by Crippen LogP contribution is 2.28. The van der Waals surface area contributed by atoms with Gasteiger partial charge in [0.25, 0.3) is 5.91 Å².